The van der Waals surface area contributed by atoms with Crippen LogP contribution in [0.3, 0.4) is 0 Å². The molecule has 0 radical (unpaired) electrons. The fourth-order valence-corrected chi connectivity index (χ4v) is 3.03. The highest BCUT2D eigenvalue weighted by atomic mass is 32.2. The monoisotopic (exact) mass is 280 g/mol. The maximum absolute atomic E-state index is 12.2. The molecule has 3 N–H and O–H groups in total. The van der Waals surface area contributed by atoms with Crippen molar-refractivity contribution in [2.24, 2.45) is 7.05 Å². The van der Waals surface area contributed by atoms with E-state index in [2.05, 4.69) is 9.82 Å². The Kier molecular flexibility index (Phi) is 3.59. The van der Waals surface area contributed by atoms with Gasteiger partial charge in [-0.1, -0.05) is 6.07 Å². The Morgan fingerprint density at radius 3 is 2.79 bits per heavy atom. The van der Waals surface area contributed by atoms with E-state index in [0.29, 0.717) is 11.3 Å². The van der Waals surface area contributed by atoms with Crippen LogP contribution in [0.5, 0.6) is 0 Å². The zero-order valence-electron chi connectivity index (χ0n) is 10.8. The summed E-state index contributed by atoms with van der Waals surface area (Å²) in [5.74, 6) is 0. The number of anilines is 1. The van der Waals surface area contributed by atoms with Gasteiger partial charge >= 0.3 is 0 Å². The van der Waals surface area contributed by atoms with Crippen molar-refractivity contribution in [3.8, 4) is 0 Å². The van der Waals surface area contributed by atoms with Crippen LogP contribution < -0.4 is 10.5 Å². The van der Waals surface area contributed by atoms with Crippen LogP contribution in [0.15, 0.2) is 35.5 Å². The maximum atomic E-state index is 12.2. The molecule has 2 aromatic rings. The molecule has 0 aliphatic carbocycles. The second-order valence-corrected chi connectivity index (χ2v) is 6.05. The Morgan fingerprint density at radius 2 is 2.16 bits per heavy atom. The van der Waals surface area contributed by atoms with Crippen LogP contribution in [0.4, 0.5) is 5.69 Å². The number of nitrogens with zero attached hydrogens (tertiary/aromatic N) is 2. The number of rotatable bonds is 4. The molecule has 0 unspecified atom stereocenters. The van der Waals surface area contributed by atoms with Crippen LogP contribution in [0, 0.1) is 6.92 Å². The number of nitrogen functional groups attached to an aromatic ring is 1. The van der Waals surface area contributed by atoms with E-state index in [0.717, 1.165) is 5.56 Å². The molecule has 0 bridgehead atoms. The zero-order chi connectivity index (χ0) is 14.0. The number of nitrogens with one attached hydrogen (secondary N) is 1. The standard InChI is InChI=1S/C12H16N4O2S/c1-9-11(13)4-3-5-12(9)19(17,18)15-7-10-6-14-16(2)8-10/h3-6,8,15H,7,13H2,1-2H3. The molecule has 102 valence electrons. The third kappa shape index (κ3) is 2.94. The van der Waals surface area contributed by atoms with Crippen LogP contribution in [0.1, 0.15) is 11.1 Å². The largest absolute Gasteiger partial charge is 0.398 e. The lowest BCUT2D eigenvalue weighted by atomic mass is 10.2. The first kappa shape index (κ1) is 13.6. The van der Waals surface area contributed by atoms with E-state index in [4.69, 9.17) is 5.73 Å². The molecular formula is C12H16N4O2S. The first-order chi connectivity index (χ1) is 8.90. The zero-order valence-corrected chi connectivity index (χ0v) is 11.6. The molecule has 0 atom stereocenters. The first-order valence-corrected chi connectivity index (χ1v) is 7.21. The highest BCUT2D eigenvalue weighted by Gasteiger charge is 2.17. The van der Waals surface area contributed by atoms with Crippen molar-refractivity contribution in [2.75, 3.05) is 5.73 Å². The molecule has 6 nitrogen and oxygen atoms in total. The summed E-state index contributed by atoms with van der Waals surface area (Å²) in [5, 5.41) is 3.98. The van der Waals surface area contributed by atoms with E-state index in [1.165, 1.54) is 6.07 Å². The van der Waals surface area contributed by atoms with E-state index < -0.39 is 10.0 Å². The number of hydrogen-bond acceptors (Lipinski definition) is 4. The second-order valence-electron chi connectivity index (χ2n) is 4.32. The summed E-state index contributed by atoms with van der Waals surface area (Å²) in [7, 11) is -1.79. The smallest absolute Gasteiger partial charge is 0.241 e. The number of benzene rings is 1. The molecule has 7 heteroatoms. The predicted molar refractivity (Wildman–Crippen MR) is 72.8 cm³/mol. The number of sulfonamides is 1. The minimum atomic E-state index is -3.57. The summed E-state index contributed by atoms with van der Waals surface area (Å²) in [6, 6.07) is 4.84. The van der Waals surface area contributed by atoms with Crippen molar-refractivity contribution in [1.29, 1.82) is 0 Å². The van der Waals surface area contributed by atoms with Crippen LogP contribution in [0.2, 0.25) is 0 Å². The van der Waals surface area contributed by atoms with Crippen molar-refractivity contribution in [2.45, 2.75) is 18.4 Å². The summed E-state index contributed by atoms with van der Waals surface area (Å²) in [6.07, 6.45) is 3.38. The molecule has 0 amide bonds. The molecule has 1 aromatic heterocycles. The molecule has 0 aliphatic rings. The van der Waals surface area contributed by atoms with Crippen LogP contribution in [0.25, 0.3) is 0 Å². The van der Waals surface area contributed by atoms with Gasteiger partial charge in [0.2, 0.25) is 10.0 Å². The first-order valence-electron chi connectivity index (χ1n) is 5.72. The van der Waals surface area contributed by atoms with Gasteiger partial charge in [-0.2, -0.15) is 5.10 Å². The summed E-state index contributed by atoms with van der Waals surface area (Å²) in [4.78, 5) is 0.205. The number of nitrogens with two attached hydrogens (primary N) is 1. The lowest BCUT2D eigenvalue weighted by molar-refractivity contribution is 0.580. The summed E-state index contributed by atoms with van der Waals surface area (Å²) in [5.41, 5.74) is 7.54. The number of aromatic nitrogens is 2. The second kappa shape index (κ2) is 5.02. The van der Waals surface area contributed by atoms with E-state index in [9.17, 15) is 8.42 Å². The summed E-state index contributed by atoms with van der Waals surface area (Å²) < 4.78 is 28.5. The van der Waals surface area contributed by atoms with Gasteiger partial charge < -0.3 is 5.73 Å². The van der Waals surface area contributed by atoms with Crippen LogP contribution in [-0.4, -0.2) is 18.2 Å². The number of hydrogen-bond donors (Lipinski definition) is 2. The Morgan fingerprint density at radius 1 is 1.42 bits per heavy atom. The highest BCUT2D eigenvalue weighted by Crippen LogP contribution is 2.20. The van der Waals surface area contributed by atoms with Crippen LogP contribution >= 0.6 is 0 Å². The molecule has 0 saturated carbocycles. The SMILES string of the molecule is Cc1c(N)cccc1S(=O)(=O)NCc1cnn(C)c1. The molecule has 0 saturated heterocycles. The van der Waals surface area contributed by atoms with Gasteiger partial charge in [-0.25, -0.2) is 13.1 Å². The van der Waals surface area contributed by atoms with Crippen LogP contribution in [-0.2, 0) is 23.6 Å². The van der Waals surface area contributed by atoms with Gasteiger partial charge in [0.05, 0.1) is 11.1 Å². The van der Waals surface area contributed by atoms with Gasteiger partial charge in [0.25, 0.3) is 0 Å². The van der Waals surface area contributed by atoms with Crippen molar-refractivity contribution >= 4 is 15.7 Å². The molecular weight excluding hydrogens is 264 g/mol. The third-order valence-corrected chi connectivity index (χ3v) is 4.39. The normalized spacial score (nSPS) is 11.7. The van der Waals surface area contributed by atoms with Gasteiger partial charge in [0, 0.05) is 31.0 Å². The highest BCUT2D eigenvalue weighted by molar-refractivity contribution is 7.89. The third-order valence-electron chi connectivity index (χ3n) is 2.84. The lowest BCUT2D eigenvalue weighted by Gasteiger charge is -2.10. The van der Waals surface area contributed by atoms with Crippen molar-refractivity contribution in [3.63, 3.8) is 0 Å². The average molecular weight is 280 g/mol. The quantitative estimate of drug-likeness (QED) is 0.810. The molecule has 0 spiro atoms. The minimum Gasteiger partial charge on any atom is -0.398 e. The molecule has 1 heterocycles. The molecule has 0 aliphatic heterocycles. The van der Waals surface area contributed by atoms with E-state index in [1.54, 1.807) is 43.2 Å². The molecule has 2 rings (SSSR count). The van der Waals surface area contributed by atoms with Gasteiger partial charge in [0.15, 0.2) is 0 Å². The fraction of sp³-hybridized carbons (Fsp3) is 0.250. The van der Waals surface area contributed by atoms with Gasteiger partial charge in [-0.3, -0.25) is 4.68 Å². The molecule has 1 aromatic carbocycles. The Labute approximate surface area is 112 Å². The van der Waals surface area contributed by atoms with Gasteiger partial charge in [-0.15, -0.1) is 0 Å². The van der Waals surface area contributed by atoms with E-state index >= 15 is 0 Å². The minimum absolute atomic E-state index is 0.199. The lowest BCUT2D eigenvalue weighted by Crippen LogP contribution is -2.24. The fourth-order valence-electron chi connectivity index (χ4n) is 1.74. The van der Waals surface area contributed by atoms with E-state index in [-0.39, 0.29) is 11.4 Å². The summed E-state index contributed by atoms with van der Waals surface area (Å²) in [6.45, 7) is 1.89. The number of aryl methyl sites for hydroxylation is 1. The maximum Gasteiger partial charge on any atom is 0.241 e. The van der Waals surface area contributed by atoms with Crippen molar-refractivity contribution in [1.82, 2.24) is 14.5 Å². The van der Waals surface area contributed by atoms with Crippen molar-refractivity contribution in [3.05, 3.63) is 41.7 Å². The van der Waals surface area contributed by atoms with E-state index in [1.807, 2.05) is 0 Å². The van der Waals surface area contributed by atoms with Crippen molar-refractivity contribution < 1.29 is 8.42 Å². The molecule has 0 fully saturated rings. The predicted octanol–water partition coefficient (Wildman–Crippen LogP) is 0.789. The Balaban J connectivity index is 2.21. The van der Waals surface area contributed by atoms with Gasteiger partial charge in [0.1, 0.15) is 0 Å². The summed E-state index contributed by atoms with van der Waals surface area (Å²) >= 11 is 0. The van der Waals surface area contributed by atoms with Gasteiger partial charge in [-0.05, 0) is 24.6 Å². The Bertz CT molecular complexity index is 692. The topological polar surface area (TPSA) is 90.0 Å². The average Bonchev–Trinajstić information content (AvgIpc) is 2.76. The Hall–Kier alpha value is -1.86. The molecule has 19 heavy (non-hydrogen) atoms.